The van der Waals surface area contributed by atoms with Crippen molar-refractivity contribution in [1.82, 2.24) is 4.98 Å². The number of halogens is 1. The lowest BCUT2D eigenvalue weighted by Crippen LogP contribution is -2.03. The number of hydrogen-bond acceptors (Lipinski definition) is 6. The Morgan fingerprint density at radius 2 is 1.82 bits per heavy atom. The molecule has 7 heteroatoms. The fourth-order valence-electron chi connectivity index (χ4n) is 2.07. The minimum Gasteiger partial charge on any atom is -0.497 e. The largest absolute Gasteiger partial charge is 0.497 e. The third-order valence-corrected chi connectivity index (χ3v) is 3.35. The van der Waals surface area contributed by atoms with Crippen molar-refractivity contribution in [1.29, 1.82) is 10.5 Å². The highest BCUT2D eigenvalue weighted by molar-refractivity contribution is 6.31. The fraction of sp³-hybridized carbons (Fsp3) is 0.133. The van der Waals surface area contributed by atoms with Gasteiger partial charge in [0.2, 0.25) is 0 Å². The molecule has 0 aliphatic heterocycles. The number of anilines is 1. The maximum absolute atomic E-state index is 9.37. The number of ether oxygens (including phenoxy) is 2. The lowest BCUT2D eigenvalue weighted by molar-refractivity contribution is 0.404. The highest BCUT2D eigenvalue weighted by Crippen LogP contribution is 2.40. The normalized spacial score (nSPS) is 9.68. The van der Waals surface area contributed by atoms with Gasteiger partial charge in [0.05, 0.1) is 19.8 Å². The minimum absolute atomic E-state index is 0.0497. The molecule has 0 atom stereocenters. The van der Waals surface area contributed by atoms with E-state index in [9.17, 15) is 10.5 Å². The molecular formula is C15H11ClN4O2. The Balaban J connectivity index is 2.94. The van der Waals surface area contributed by atoms with Crippen molar-refractivity contribution in [3.63, 3.8) is 0 Å². The predicted molar refractivity (Wildman–Crippen MR) is 81.6 cm³/mol. The van der Waals surface area contributed by atoms with Gasteiger partial charge in [0.25, 0.3) is 0 Å². The number of hydrogen-bond donors (Lipinski definition) is 1. The molecule has 0 spiro atoms. The molecule has 1 aromatic carbocycles. The van der Waals surface area contributed by atoms with E-state index < -0.39 is 0 Å². The summed E-state index contributed by atoms with van der Waals surface area (Å²) < 4.78 is 10.5. The highest BCUT2D eigenvalue weighted by Gasteiger charge is 2.22. The van der Waals surface area contributed by atoms with Crippen molar-refractivity contribution >= 4 is 17.4 Å². The van der Waals surface area contributed by atoms with Crippen LogP contribution in [0.2, 0.25) is 5.15 Å². The van der Waals surface area contributed by atoms with Crippen LogP contribution < -0.4 is 15.2 Å². The van der Waals surface area contributed by atoms with Crippen LogP contribution in [0.15, 0.2) is 18.2 Å². The Morgan fingerprint density at radius 3 is 2.36 bits per heavy atom. The third-order valence-electron chi connectivity index (χ3n) is 3.08. The van der Waals surface area contributed by atoms with E-state index in [1.807, 2.05) is 12.1 Å². The van der Waals surface area contributed by atoms with Gasteiger partial charge in [-0.05, 0) is 18.2 Å². The molecule has 6 nitrogen and oxygen atoms in total. The van der Waals surface area contributed by atoms with Gasteiger partial charge in [-0.15, -0.1) is 0 Å². The standard InChI is InChI=1S/C15H11ClN4O2/c1-21-8-3-4-12(22-2)9(5-8)13-10(6-17)14(16)20-15(19)11(13)7-18/h3-5H,1-2H3,(H2,19,20). The van der Waals surface area contributed by atoms with E-state index in [4.69, 9.17) is 26.8 Å². The summed E-state index contributed by atoms with van der Waals surface area (Å²) >= 11 is 5.99. The molecule has 2 aromatic rings. The van der Waals surface area contributed by atoms with Gasteiger partial charge < -0.3 is 15.2 Å². The van der Waals surface area contributed by atoms with Crippen LogP contribution in [-0.2, 0) is 0 Å². The molecular weight excluding hydrogens is 304 g/mol. The quantitative estimate of drug-likeness (QED) is 0.873. The van der Waals surface area contributed by atoms with Gasteiger partial charge >= 0.3 is 0 Å². The van der Waals surface area contributed by atoms with Crippen molar-refractivity contribution in [2.24, 2.45) is 0 Å². The second kappa shape index (κ2) is 6.21. The van der Waals surface area contributed by atoms with Gasteiger partial charge in [-0.3, -0.25) is 0 Å². The van der Waals surface area contributed by atoms with Crippen LogP contribution in [0.3, 0.4) is 0 Å². The maximum atomic E-state index is 9.37. The molecule has 1 heterocycles. The van der Waals surface area contributed by atoms with E-state index in [-0.39, 0.29) is 27.7 Å². The van der Waals surface area contributed by atoms with E-state index in [1.54, 1.807) is 18.2 Å². The third kappa shape index (κ3) is 2.48. The van der Waals surface area contributed by atoms with Crippen molar-refractivity contribution in [2.75, 3.05) is 20.0 Å². The van der Waals surface area contributed by atoms with E-state index in [2.05, 4.69) is 4.98 Å². The monoisotopic (exact) mass is 314 g/mol. The Hall–Kier alpha value is -2.96. The van der Waals surface area contributed by atoms with E-state index in [0.29, 0.717) is 17.1 Å². The van der Waals surface area contributed by atoms with Crippen LogP contribution in [-0.4, -0.2) is 19.2 Å². The van der Waals surface area contributed by atoms with Crippen molar-refractivity contribution < 1.29 is 9.47 Å². The second-order valence-corrected chi connectivity index (χ2v) is 4.56. The first-order valence-corrected chi connectivity index (χ1v) is 6.46. The zero-order valence-corrected chi connectivity index (χ0v) is 12.6. The van der Waals surface area contributed by atoms with Crippen molar-refractivity contribution in [2.45, 2.75) is 0 Å². The van der Waals surface area contributed by atoms with Gasteiger partial charge in [0.1, 0.15) is 40.2 Å². The summed E-state index contributed by atoms with van der Waals surface area (Å²) in [5.74, 6) is 0.942. The molecule has 0 radical (unpaired) electrons. The summed E-state index contributed by atoms with van der Waals surface area (Å²) in [5.41, 5.74) is 6.63. The van der Waals surface area contributed by atoms with Crippen LogP contribution in [0.1, 0.15) is 11.1 Å². The zero-order chi connectivity index (χ0) is 16.3. The first-order chi connectivity index (χ1) is 10.6. The Kier molecular flexibility index (Phi) is 4.36. The van der Waals surface area contributed by atoms with Crippen molar-refractivity contribution in [3.05, 3.63) is 34.5 Å². The number of pyridine rings is 1. The molecule has 0 fully saturated rings. The molecule has 0 saturated carbocycles. The summed E-state index contributed by atoms with van der Waals surface area (Å²) in [6, 6.07) is 8.93. The lowest BCUT2D eigenvalue weighted by Gasteiger charge is -2.14. The molecule has 0 aliphatic rings. The Labute approximate surface area is 132 Å². The van der Waals surface area contributed by atoms with Crippen LogP contribution in [0.25, 0.3) is 11.1 Å². The van der Waals surface area contributed by atoms with Crippen LogP contribution in [0, 0.1) is 22.7 Å². The highest BCUT2D eigenvalue weighted by atomic mass is 35.5. The van der Waals surface area contributed by atoms with Crippen LogP contribution in [0.5, 0.6) is 11.5 Å². The Bertz CT molecular complexity index is 784. The molecule has 0 unspecified atom stereocenters. The minimum atomic E-state index is -0.0705. The topological polar surface area (TPSA) is 105 Å². The molecule has 110 valence electrons. The zero-order valence-electron chi connectivity index (χ0n) is 11.8. The summed E-state index contributed by atoms with van der Waals surface area (Å²) in [4.78, 5) is 3.83. The molecule has 0 amide bonds. The first-order valence-electron chi connectivity index (χ1n) is 6.08. The van der Waals surface area contributed by atoms with Crippen molar-refractivity contribution in [3.8, 4) is 34.8 Å². The lowest BCUT2D eigenvalue weighted by atomic mass is 9.96. The summed E-state index contributed by atoms with van der Waals surface area (Å²) in [6.07, 6.45) is 0. The predicted octanol–water partition coefficient (Wildman–Crippen LogP) is 2.74. The second-order valence-electron chi connectivity index (χ2n) is 4.20. The number of aromatic nitrogens is 1. The number of methoxy groups -OCH3 is 2. The number of nitriles is 2. The average molecular weight is 315 g/mol. The van der Waals surface area contributed by atoms with Crippen LogP contribution >= 0.6 is 11.6 Å². The molecule has 0 saturated heterocycles. The van der Waals surface area contributed by atoms with E-state index in [0.717, 1.165) is 0 Å². The van der Waals surface area contributed by atoms with E-state index in [1.165, 1.54) is 14.2 Å². The molecule has 2 N–H and O–H groups in total. The SMILES string of the molecule is COc1ccc(OC)c(-c2c(C#N)c(N)nc(Cl)c2C#N)c1. The summed E-state index contributed by atoms with van der Waals surface area (Å²) in [5, 5.41) is 18.7. The smallest absolute Gasteiger partial charge is 0.149 e. The molecule has 0 aliphatic carbocycles. The summed E-state index contributed by atoms with van der Waals surface area (Å²) in [6.45, 7) is 0. The van der Waals surface area contributed by atoms with Gasteiger partial charge in [0, 0.05) is 11.1 Å². The molecule has 1 aromatic heterocycles. The number of benzene rings is 1. The number of rotatable bonds is 3. The van der Waals surface area contributed by atoms with Gasteiger partial charge in [-0.25, -0.2) is 4.98 Å². The summed E-state index contributed by atoms with van der Waals surface area (Å²) in [7, 11) is 2.99. The van der Waals surface area contributed by atoms with Gasteiger partial charge in [-0.2, -0.15) is 10.5 Å². The fourth-order valence-corrected chi connectivity index (χ4v) is 2.30. The average Bonchev–Trinajstić information content (AvgIpc) is 2.53. The van der Waals surface area contributed by atoms with E-state index >= 15 is 0 Å². The first kappa shape index (κ1) is 15.4. The van der Waals surface area contributed by atoms with Gasteiger partial charge in [-0.1, -0.05) is 11.6 Å². The number of nitrogen functional groups attached to an aromatic ring is 1. The van der Waals surface area contributed by atoms with Crippen LogP contribution in [0.4, 0.5) is 5.82 Å². The number of nitrogens with zero attached hydrogens (tertiary/aromatic N) is 3. The molecule has 0 bridgehead atoms. The van der Waals surface area contributed by atoms with Gasteiger partial charge in [0.15, 0.2) is 0 Å². The molecule has 2 rings (SSSR count). The number of nitrogens with two attached hydrogens (primary N) is 1. The maximum Gasteiger partial charge on any atom is 0.149 e. The Morgan fingerprint density at radius 1 is 1.14 bits per heavy atom. The molecule has 22 heavy (non-hydrogen) atoms.